The lowest BCUT2D eigenvalue weighted by atomic mass is 10.1. The molecule has 0 unspecified atom stereocenters. The highest BCUT2D eigenvalue weighted by atomic mass is 32.1. The van der Waals surface area contributed by atoms with Crippen molar-refractivity contribution in [1.29, 1.82) is 0 Å². The molecule has 0 atom stereocenters. The number of rotatable bonds is 2. The molecule has 1 aromatic carbocycles. The minimum Gasteiger partial charge on any atom is -0.298 e. The molecule has 0 fully saturated rings. The average Bonchev–Trinajstić information content (AvgIpc) is 2.67. The molecule has 0 spiro atoms. The molecule has 0 aliphatic heterocycles. The van der Waals surface area contributed by atoms with E-state index in [9.17, 15) is 9.18 Å². The van der Waals surface area contributed by atoms with Gasteiger partial charge in [-0.2, -0.15) is 0 Å². The summed E-state index contributed by atoms with van der Waals surface area (Å²) in [5.41, 5.74) is 1.14. The second-order valence-electron chi connectivity index (χ2n) is 2.84. The van der Waals surface area contributed by atoms with E-state index >= 15 is 0 Å². The quantitative estimate of drug-likeness (QED) is 0.688. The van der Waals surface area contributed by atoms with Crippen molar-refractivity contribution in [1.82, 2.24) is 0 Å². The van der Waals surface area contributed by atoms with Crippen molar-refractivity contribution >= 4 is 17.6 Å². The lowest BCUT2D eigenvalue weighted by Gasteiger charge is -1.97. The van der Waals surface area contributed by atoms with Crippen LogP contribution in [0.15, 0.2) is 35.7 Å². The first-order valence-electron chi connectivity index (χ1n) is 4.10. The molecule has 3 heteroatoms. The molecule has 1 heterocycles. The van der Waals surface area contributed by atoms with E-state index in [1.54, 1.807) is 29.6 Å². The van der Waals surface area contributed by atoms with E-state index in [-0.39, 0.29) is 5.82 Å². The second kappa shape index (κ2) is 3.72. The summed E-state index contributed by atoms with van der Waals surface area (Å²) >= 11 is 1.37. The van der Waals surface area contributed by atoms with Crippen molar-refractivity contribution in [3.05, 3.63) is 47.1 Å². The molecular weight excluding hydrogens is 199 g/mol. The number of hydrogen-bond acceptors (Lipinski definition) is 2. The van der Waals surface area contributed by atoms with Gasteiger partial charge in [0.2, 0.25) is 0 Å². The predicted octanol–water partition coefficient (Wildman–Crippen LogP) is 3.37. The molecule has 2 aromatic rings. The zero-order valence-corrected chi connectivity index (χ0v) is 8.05. The molecule has 1 aromatic heterocycles. The maximum absolute atomic E-state index is 13.3. The van der Waals surface area contributed by atoms with Crippen molar-refractivity contribution in [3.63, 3.8) is 0 Å². The number of carbonyl (C=O) groups is 1. The topological polar surface area (TPSA) is 17.1 Å². The molecule has 14 heavy (non-hydrogen) atoms. The van der Waals surface area contributed by atoms with Crippen molar-refractivity contribution in [3.8, 4) is 10.4 Å². The summed E-state index contributed by atoms with van der Waals surface area (Å²) in [6.07, 6.45) is 0.765. The summed E-state index contributed by atoms with van der Waals surface area (Å²) in [4.78, 5) is 11.2. The van der Waals surface area contributed by atoms with Gasteiger partial charge in [-0.3, -0.25) is 4.79 Å². The van der Waals surface area contributed by atoms with E-state index in [1.165, 1.54) is 17.4 Å². The summed E-state index contributed by atoms with van der Waals surface area (Å²) in [6, 6.07) is 8.23. The third-order valence-electron chi connectivity index (χ3n) is 1.90. The Labute approximate surface area is 84.8 Å². The van der Waals surface area contributed by atoms with Gasteiger partial charge in [0.15, 0.2) is 6.29 Å². The Morgan fingerprint density at radius 3 is 2.71 bits per heavy atom. The molecule has 0 aliphatic rings. The predicted molar refractivity (Wildman–Crippen MR) is 55.1 cm³/mol. The van der Waals surface area contributed by atoms with E-state index in [4.69, 9.17) is 0 Å². The van der Waals surface area contributed by atoms with Crippen LogP contribution >= 0.6 is 11.3 Å². The van der Waals surface area contributed by atoms with Crippen molar-refractivity contribution in [2.24, 2.45) is 0 Å². The summed E-state index contributed by atoms with van der Waals surface area (Å²) in [5, 5.41) is 1.72. The van der Waals surface area contributed by atoms with Crippen LogP contribution in [0.5, 0.6) is 0 Å². The number of aldehydes is 1. The summed E-state index contributed by atoms with van der Waals surface area (Å²) in [5.74, 6) is -0.258. The highest BCUT2D eigenvalue weighted by Crippen LogP contribution is 2.28. The molecule has 2 rings (SSSR count). The van der Waals surface area contributed by atoms with Crippen LogP contribution in [0.4, 0.5) is 4.39 Å². The standard InChI is InChI=1S/C11H7FOS/c12-10-4-2-1-3-9(10)11-5-8(6-13)7-14-11/h1-7H. The zero-order valence-electron chi connectivity index (χ0n) is 7.24. The van der Waals surface area contributed by atoms with Gasteiger partial charge in [-0.05, 0) is 12.1 Å². The van der Waals surface area contributed by atoms with Crippen LogP contribution in [0.25, 0.3) is 10.4 Å². The molecule has 0 aliphatic carbocycles. The fourth-order valence-corrected chi connectivity index (χ4v) is 2.10. The van der Waals surface area contributed by atoms with Gasteiger partial charge in [-0.25, -0.2) is 4.39 Å². The fraction of sp³-hybridized carbons (Fsp3) is 0. The monoisotopic (exact) mass is 206 g/mol. The van der Waals surface area contributed by atoms with Gasteiger partial charge in [0.25, 0.3) is 0 Å². The Bertz CT molecular complexity index is 462. The number of thiophene rings is 1. The smallest absolute Gasteiger partial charge is 0.150 e. The molecule has 0 amide bonds. The number of hydrogen-bond donors (Lipinski definition) is 0. The first-order valence-corrected chi connectivity index (χ1v) is 4.98. The number of halogens is 1. The Morgan fingerprint density at radius 2 is 2.07 bits per heavy atom. The molecule has 0 saturated heterocycles. The van der Waals surface area contributed by atoms with Crippen LogP contribution in [-0.2, 0) is 0 Å². The van der Waals surface area contributed by atoms with Crippen LogP contribution in [0.3, 0.4) is 0 Å². The van der Waals surface area contributed by atoms with Gasteiger partial charge in [0.1, 0.15) is 5.82 Å². The van der Waals surface area contributed by atoms with Gasteiger partial charge in [-0.15, -0.1) is 11.3 Å². The van der Waals surface area contributed by atoms with Gasteiger partial charge in [0, 0.05) is 21.4 Å². The van der Waals surface area contributed by atoms with Crippen LogP contribution in [0, 0.1) is 5.82 Å². The molecule has 0 bridgehead atoms. The van der Waals surface area contributed by atoms with Crippen molar-refractivity contribution in [2.75, 3.05) is 0 Å². The first kappa shape index (κ1) is 9.09. The Hall–Kier alpha value is -1.48. The number of carbonyl (C=O) groups excluding carboxylic acids is 1. The summed E-state index contributed by atoms with van der Waals surface area (Å²) in [7, 11) is 0. The largest absolute Gasteiger partial charge is 0.298 e. The maximum atomic E-state index is 13.3. The normalized spacial score (nSPS) is 10.1. The van der Waals surface area contributed by atoms with Gasteiger partial charge < -0.3 is 0 Å². The third kappa shape index (κ3) is 1.59. The molecule has 0 saturated carbocycles. The Morgan fingerprint density at radius 1 is 1.29 bits per heavy atom. The highest BCUT2D eigenvalue weighted by molar-refractivity contribution is 7.13. The summed E-state index contributed by atoms with van der Waals surface area (Å²) in [6.45, 7) is 0. The van der Waals surface area contributed by atoms with E-state index in [0.717, 1.165) is 11.2 Å². The van der Waals surface area contributed by atoms with E-state index in [2.05, 4.69) is 0 Å². The van der Waals surface area contributed by atoms with E-state index in [0.29, 0.717) is 11.1 Å². The maximum Gasteiger partial charge on any atom is 0.150 e. The highest BCUT2D eigenvalue weighted by Gasteiger charge is 2.06. The van der Waals surface area contributed by atoms with Gasteiger partial charge in [0.05, 0.1) is 0 Å². The minimum absolute atomic E-state index is 0.258. The molecule has 0 N–H and O–H groups in total. The van der Waals surface area contributed by atoms with Crippen molar-refractivity contribution < 1.29 is 9.18 Å². The molecular formula is C11H7FOS. The molecule has 0 radical (unpaired) electrons. The SMILES string of the molecule is O=Cc1csc(-c2ccccc2F)c1. The first-order chi connectivity index (χ1) is 6.81. The fourth-order valence-electron chi connectivity index (χ4n) is 1.22. The second-order valence-corrected chi connectivity index (χ2v) is 3.75. The lowest BCUT2D eigenvalue weighted by Crippen LogP contribution is -1.79. The van der Waals surface area contributed by atoms with Crippen LogP contribution in [-0.4, -0.2) is 6.29 Å². The van der Waals surface area contributed by atoms with Crippen molar-refractivity contribution in [2.45, 2.75) is 0 Å². The third-order valence-corrected chi connectivity index (χ3v) is 2.88. The summed E-state index contributed by atoms with van der Waals surface area (Å²) < 4.78 is 13.3. The Balaban J connectivity index is 2.49. The van der Waals surface area contributed by atoms with E-state index in [1.807, 2.05) is 0 Å². The van der Waals surface area contributed by atoms with Gasteiger partial charge >= 0.3 is 0 Å². The van der Waals surface area contributed by atoms with Crippen LogP contribution < -0.4 is 0 Å². The van der Waals surface area contributed by atoms with Crippen LogP contribution in [0.2, 0.25) is 0 Å². The number of benzene rings is 1. The Kier molecular flexibility index (Phi) is 2.41. The molecule has 70 valence electrons. The lowest BCUT2D eigenvalue weighted by molar-refractivity contribution is 0.112. The van der Waals surface area contributed by atoms with Crippen LogP contribution in [0.1, 0.15) is 10.4 Å². The minimum atomic E-state index is -0.258. The van der Waals surface area contributed by atoms with Gasteiger partial charge in [-0.1, -0.05) is 18.2 Å². The van der Waals surface area contributed by atoms with E-state index < -0.39 is 0 Å². The zero-order chi connectivity index (χ0) is 9.97. The molecule has 1 nitrogen and oxygen atoms in total. The average molecular weight is 206 g/mol.